The Hall–Kier alpha value is -3.29. The summed E-state index contributed by atoms with van der Waals surface area (Å²) in [7, 11) is 1.96. The van der Waals surface area contributed by atoms with Crippen molar-refractivity contribution in [2.75, 3.05) is 30.0 Å². The van der Waals surface area contributed by atoms with Gasteiger partial charge in [0, 0.05) is 25.5 Å². The van der Waals surface area contributed by atoms with Gasteiger partial charge in [-0.3, -0.25) is 9.69 Å². The minimum absolute atomic E-state index is 0.0300. The van der Waals surface area contributed by atoms with Gasteiger partial charge in [-0.05, 0) is 49.2 Å². The molecule has 162 valence electrons. The number of rotatable bonds is 6. The van der Waals surface area contributed by atoms with E-state index >= 15 is 0 Å². The van der Waals surface area contributed by atoms with Crippen molar-refractivity contribution in [2.45, 2.75) is 18.9 Å². The van der Waals surface area contributed by atoms with Crippen LogP contribution in [-0.2, 0) is 4.74 Å². The summed E-state index contributed by atoms with van der Waals surface area (Å²) in [5, 5.41) is 0.692. The van der Waals surface area contributed by atoms with Gasteiger partial charge in [-0.25, -0.2) is 9.97 Å². The summed E-state index contributed by atoms with van der Waals surface area (Å²) in [5.74, 6) is 0.666. The van der Waals surface area contributed by atoms with Crippen LogP contribution in [0.1, 0.15) is 23.2 Å². The highest BCUT2D eigenvalue weighted by Crippen LogP contribution is 2.31. The van der Waals surface area contributed by atoms with Crippen LogP contribution in [-0.4, -0.2) is 42.2 Å². The van der Waals surface area contributed by atoms with Crippen LogP contribution >= 0.6 is 11.3 Å². The minimum atomic E-state index is -0.110. The molecular weight excluding hydrogens is 420 g/mol. The number of carbonyl (C=O) groups is 1. The minimum Gasteiger partial charge on any atom is -0.376 e. The molecule has 4 aromatic rings. The number of pyridine rings is 1. The molecule has 0 bridgehead atoms. The lowest BCUT2D eigenvalue weighted by atomic mass is 10.2. The van der Waals surface area contributed by atoms with E-state index in [1.807, 2.05) is 78.7 Å². The van der Waals surface area contributed by atoms with Crippen LogP contribution in [0.3, 0.4) is 0 Å². The number of hydrogen-bond acceptors (Lipinski definition) is 6. The topological polar surface area (TPSA) is 58.6 Å². The SMILES string of the molecule is CN(c1ccccc1)c1ccc(C(=O)N(CC2CCCO2)c2nc3ccccc3s2)cn1. The fourth-order valence-corrected chi connectivity index (χ4v) is 4.84. The highest BCUT2D eigenvalue weighted by Gasteiger charge is 2.27. The molecule has 1 amide bonds. The largest absolute Gasteiger partial charge is 0.376 e. The van der Waals surface area contributed by atoms with Crippen molar-refractivity contribution in [3.63, 3.8) is 0 Å². The second-order valence-corrected chi connectivity index (χ2v) is 8.82. The number of nitrogens with zero attached hydrogens (tertiary/aromatic N) is 4. The fourth-order valence-electron chi connectivity index (χ4n) is 3.87. The third-order valence-corrected chi connectivity index (χ3v) is 6.71. The van der Waals surface area contributed by atoms with Crippen molar-refractivity contribution in [1.82, 2.24) is 9.97 Å². The van der Waals surface area contributed by atoms with Gasteiger partial charge < -0.3 is 9.64 Å². The Labute approximate surface area is 191 Å². The van der Waals surface area contributed by atoms with Crippen LogP contribution in [0.5, 0.6) is 0 Å². The summed E-state index contributed by atoms with van der Waals surface area (Å²) in [6, 6.07) is 21.7. The molecule has 2 aromatic heterocycles. The molecule has 0 N–H and O–H groups in total. The maximum atomic E-state index is 13.5. The summed E-state index contributed by atoms with van der Waals surface area (Å²) in [5.41, 5.74) is 2.47. The zero-order valence-corrected chi connectivity index (χ0v) is 18.7. The number of aromatic nitrogens is 2. The molecule has 1 atom stereocenters. The van der Waals surface area contributed by atoms with Crippen LogP contribution in [0.2, 0.25) is 0 Å². The molecule has 1 fully saturated rings. The normalized spacial score (nSPS) is 15.7. The van der Waals surface area contributed by atoms with E-state index in [0.29, 0.717) is 17.2 Å². The first-order valence-corrected chi connectivity index (χ1v) is 11.5. The average Bonchev–Trinajstić information content (AvgIpc) is 3.52. The number of para-hydroxylation sites is 2. The van der Waals surface area contributed by atoms with Crippen molar-refractivity contribution in [2.24, 2.45) is 0 Å². The number of amides is 1. The van der Waals surface area contributed by atoms with Crippen molar-refractivity contribution in [1.29, 1.82) is 0 Å². The molecule has 0 radical (unpaired) electrons. The molecule has 0 spiro atoms. The van der Waals surface area contributed by atoms with Gasteiger partial charge in [-0.1, -0.05) is 41.7 Å². The Morgan fingerprint density at radius 2 is 1.91 bits per heavy atom. The third-order valence-electron chi connectivity index (χ3n) is 5.65. The summed E-state index contributed by atoms with van der Waals surface area (Å²) < 4.78 is 6.89. The van der Waals surface area contributed by atoms with Gasteiger partial charge in [0.15, 0.2) is 5.13 Å². The summed E-state index contributed by atoms with van der Waals surface area (Å²) >= 11 is 1.53. The zero-order valence-electron chi connectivity index (χ0n) is 17.8. The molecule has 1 aliphatic rings. The number of thiazole rings is 1. The molecule has 5 rings (SSSR count). The molecule has 1 aliphatic heterocycles. The summed E-state index contributed by atoms with van der Waals surface area (Å²) in [6.07, 6.45) is 3.65. The van der Waals surface area contributed by atoms with E-state index in [0.717, 1.165) is 41.2 Å². The van der Waals surface area contributed by atoms with Crippen LogP contribution in [0, 0.1) is 0 Å². The maximum Gasteiger partial charge on any atom is 0.261 e. The Bertz CT molecular complexity index is 1170. The highest BCUT2D eigenvalue weighted by molar-refractivity contribution is 7.22. The smallest absolute Gasteiger partial charge is 0.261 e. The van der Waals surface area contributed by atoms with Crippen LogP contribution in [0.4, 0.5) is 16.6 Å². The lowest BCUT2D eigenvalue weighted by Crippen LogP contribution is -2.37. The Kier molecular flexibility index (Phi) is 5.83. The van der Waals surface area contributed by atoms with E-state index in [1.54, 1.807) is 11.1 Å². The second kappa shape index (κ2) is 9.06. The molecule has 0 saturated carbocycles. The van der Waals surface area contributed by atoms with Crippen LogP contribution < -0.4 is 9.80 Å². The van der Waals surface area contributed by atoms with E-state index in [9.17, 15) is 4.79 Å². The number of benzene rings is 2. The van der Waals surface area contributed by atoms with Gasteiger partial charge in [0.1, 0.15) is 5.82 Å². The van der Waals surface area contributed by atoms with Crippen LogP contribution in [0.25, 0.3) is 10.2 Å². The second-order valence-electron chi connectivity index (χ2n) is 7.81. The molecular formula is C25H24N4O2S. The maximum absolute atomic E-state index is 13.5. The molecule has 0 aliphatic carbocycles. The third kappa shape index (κ3) is 4.22. The van der Waals surface area contributed by atoms with Gasteiger partial charge in [-0.2, -0.15) is 0 Å². The van der Waals surface area contributed by atoms with Crippen molar-refractivity contribution in [3.05, 3.63) is 78.5 Å². The Morgan fingerprint density at radius 3 is 2.62 bits per heavy atom. The number of ether oxygens (including phenoxy) is 1. The standard InChI is InChI=1S/C25H24N4O2S/c1-28(19-8-3-2-4-9-19)23-14-13-18(16-26-23)24(30)29(17-20-10-7-15-31-20)25-27-21-11-5-6-12-22(21)32-25/h2-6,8-9,11-14,16,20H,7,10,15,17H2,1H3. The van der Waals surface area contributed by atoms with E-state index in [2.05, 4.69) is 4.98 Å². The van der Waals surface area contributed by atoms with E-state index in [4.69, 9.17) is 9.72 Å². The quantitative estimate of drug-likeness (QED) is 0.405. The molecule has 1 unspecified atom stereocenters. The van der Waals surface area contributed by atoms with Crippen molar-refractivity contribution in [3.8, 4) is 0 Å². The first-order valence-electron chi connectivity index (χ1n) is 10.7. The summed E-state index contributed by atoms with van der Waals surface area (Å²) in [4.78, 5) is 26.6. The van der Waals surface area contributed by atoms with E-state index < -0.39 is 0 Å². The number of anilines is 3. The van der Waals surface area contributed by atoms with Gasteiger partial charge >= 0.3 is 0 Å². The lowest BCUT2D eigenvalue weighted by molar-refractivity contribution is 0.0917. The molecule has 32 heavy (non-hydrogen) atoms. The number of fused-ring (bicyclic) bond motifs is 1. The predicted molar refractivity (Wildman–Crippen MR) is 129 cm³/mol. The van der Waals surface area contributed by atoms with Gasteiger partial charge in [0.2, 0.25) is 0 Å². The first-order chi connectivity index (χ1) is 15.7. The van der Waals surface area contributed by atoms with Crippen LogP contribution in [0.15, 0.2) is 72.9 Å². The Balaban J connectivity index is 1.42. The zero-order chi connectivity index (χ0) is 21.9. The van der Waals surface area contributed by atoms with Gasteiger partial charge in [0.25, 0.3) is 5.91 Å². The van der Waals surface area contributed by atoms with Crippen molar-refractivity contribution >= 4 is 44.1 Å². The summed E-state index contributed by atoms with van der Waals surface area (Å²) in [6.45, 7) is 1.24. The highest BCUT2D eigenvalue weighted by atomic mass is 32.1. The average molecular weight is 445 g/mol. The monoisotopic (exact) mass is 444 g/mol. The predicted octanol–water partition coefficient (Wildman–Crippen LogP) is 5.29. The Morgan fingerprint density at radius 1 is 1.09 bits per heavy atom. The van der Waals surface area contributed by atoms with Crippen molar-refractivity contribution < 1.29 is 9.53 Å². The lowest BCUT2D eigenvalue weighted by Gasteiger charge is -2.23. The number of hydrogen-bond donors (Lipinski definition) is 0. The molecule has 3 heterocycles. The van der Waals surface area contributed by atoms with Gasteiger partial charge in [-0.15, -0.1) is 0 Å². The molecule has 1 saturated heterocycles. The molecule has 7 heteroatoms. The molecule has 6 nitrogen and oxygen atoms in total. The molecule has 2 aromatic carbocycles. The van der Waals surface area contributed by atoms with E-state index in [1.165, 1.54) is 11.3 Å². The van der Waals surface area contributed by atoms with E-state index in [-0.39, 0.29) is 12.0 Å². The number of carbonyl (C=O) groups excluding carboxylic acids is 1. The first kappa shape index (κ1) is 20.6. The van der Waals surface area contributed by atoms with Gasteiger partial charge in [0.05, 0.1) is 28.4 Å². The fraction of sp³-hybridized carbons (Fsp3) is 0.240.